The van der Waals surface area contributed by atoms with Crippen LogP contribution < -0.4 is 10.5 Å². The Balaban J connectivity index is 1.76. The number of benzene rings is 1. The fourth-order valence-electron chi connectivity index (χ4n) is 2.34. The van der Waals surface area contributed by atoms with Gasteiger partial charge in [0.05, 0.1) is 4.47 Å². The van der Waals surface area contributed by atoms with Gasteiger partial charge in [0.25, 0.3) is 0 Å². The molecule has 0 radical (unpaired) electrons. The molecule has 0 bridgehead atoms. The summed E-state index contributed by atoms with van der Waals surface area (Å²) in [5.41, 5.74) is 6.81. The van der Waals surface area contributed by atoms with Crippen molar-refractivity contribution in [2.45, 2.75) is 6.42 Å². The average molecular weight is 342 g/mol. The first-order valence-electron chi connectivity index (χ1n) is 7.21. The van der Waals surface area contributed by atoms with Crippen LogP contribution in [0.3, 0.4) is 0 Å². The van der Waals surface area contributed by atoms with Crippen LogP contribution in [-0.2, 0) is 6.42 Å². The van der Waals surface area contributed by atoms with Crippen molar-refractivity contribution >= 4 is 15.9 Å². The van der Waals surface area contributed by atoms with Gasteiger partial charge in [0.2, 0.25) is 0 Å². The third-order valence-corrected chi connectivity index (χ3v) is 4.31. The molecule has 0 aromatic heterocycles. The van der Waals surface area contributed by atoms with Gasteiger partial charge in [-0.05, 0) is 53.6 Å². The molecule has 112 valence electrons. The van der Waals surface area contributed by atoms with Crippen molar-refractivity contribution in [1.29, 1.82) is 0 Å². The Hall–Kier alpha value is -0.620. The van der Waals surface area contributed by atoms with Crippen LogP contribution >= 0.6 is 15.9 Å². The molecule has 1 aliphatic rings. The normalized spacial score (nSPS) is 17.4. The summed E-state index contributed by atoms with van der Waals surface area (Å²) in [7, 11) is 2.17. The minimum atomic E-state index is 0.677. The van der Waals surface area contributed by atoms with Gasteiger partial charge in [-0.15, -0.1) is 0 Å². The fourth-order valence-corrected chi connectivity index (χ4v) is 2.88. The zero-order valence-corrected chi connectivity index (χ0v) is 13.7. The van der Waals surface area contributed by atoms with E-state index in [1.165, 1.54) is 5.56 Å². The summed E-state index contributed by atoms with van der Waals surface area (Å²) >= 11 is 3.57. The molecule has 2 N–H and O–H groups in total. The highest BCUT2D eigenvalue weighted by atomic mass is 79.9. The molecule has 0 saturated carbocycles. The van der Waals surface area contributed by atoms with E-state index < -0.39 is 0 Å². The maximum absolute atomic E-state index is 5.87. The van der Waals surface area contributed by atoms with Gasteiger partial charge in [0, 0.05) is 32.7 Å². The summed E-state index contributed by atoms with van der Waals surface area (Å²) in [6.45, 7) is 6.97. The smallest absolute Gasteiger partial charge is 0.133 e. The van der Waals surface area contributed by atoms with E-state index in [4.69, 9.17) is 10.5 Å². The van der Waals surface area contributed by atoms with Crippen molar-refractivity contribution in [3.05, 3.63) is 28.2 Å². The summed E-state index contributed by atoms with van der Waals surface area (Å²) in [5.74, 6) is 0.917. The van der Waals surface area contributed by atoms with Crippen LogP contribution in [0.25, 0.3) is 0 Å². The SMILES string of the molecule is CN1CCN(CCOc2ccc(CCN)cc2Br)CC1. The predicted molar refractivity (Wildman–Crippen MR) is 86.3 cm³/mol. The van der Waals surface area contributed by atoms with Crippen molar-refractivity contribution < 1.29 is 4.74 Å². The van der Waals surface area contributed by atoms with Crippen LogP contribution in [0.15, 0.2) is 22.7 Å². The molecule has 1 heterocycles. The molecule has 0 unspecified atom stereocenters. The van der Waals surface area contributed by atoms with E-state index in [0.717, 1.165) is 56.0 Å². The molecule has 1 saturated heterocycles. The Bertz CT molecular complexity index is 420. The van der Waals surface area contributed by atoms with Crippen molar-refractivity contribution in [2.75, 3.05) is 52.9 Å². The van der Waals surface area contributed by atoms with E-state index in [-0.39, 0.29) is 0 Å². The van der Waals surface area contributed by atoms with Crippen LogP contribution in [0.2, 0.25) is 0 Å². The van der Waals surface area contributed by atoms with Gasteiger partial charge < -0.3 is 15.4 Å². The van der Waals surface area contributed by atoms with Crippen LogP contribution in [-0.4, -0.2) is 62.7 Å². The second-order valence-electron chi connectivity index (χ2n) is 5.30. The van der Waals surface area contributed by atoms with Crippen LogP contribution in [0.5, 0.6) is 5.75 Å². The Morgan fingerprint density at radius 1 is 1.25 bits per heavy atom. The monoisotopic (exact) mass is 341 g/mol. The molecule has 5 heteroatoms. The van der Waals surface area contributed by atoms with E-state index in [9.17, 15) is 0 Å². The number of hydrogen-bond acceptors (Lipinski definition) is 4. The number of halogens is 1. The number of nitrogens with zero attached hydrogens (tertiary/aromatic N) is 2. The van der Waals surface area contributed by atoms with E-state index in [1.54, 1.807) is 0 Å². The third kappa shape index (κ3) is 4.74. The minimum Gasteiger partial charge on any atom is -0.491 e. The molecule has 0 aliphatic carbocycles. The predicted octanol–water partition coefficient (Wildman–Crippen LogP) is 1.58. The quantitative estimate of drug-likeness (QED) is 0.852. The largest absolute Gasteiger partial charge is 0.491 e. The van der Waals surface area contributed by atoms with E-state index in [2.05, 4.69) is 44.9 Å². The second-order valence-corrected chi connectivity index (χ2v) is 6.15. The molecule has 1 aromatic rings. The Labute approximate surface area is 130 Å². The van der Waals surface area contributed by atoms with Crippen LogP contribution in [0.1, 0.15) is 5.56 Å². The minimum absolute atomic E-state index is 0.677. The molecule has 1 fully saturated rings. The standard InChI is InChI=1S/C15H24BrN3O/c1-18-6-8-19(9-7-18)10-11-20-15-3-2-13(4-5-17)12-14(15)16/h2-3,12H,4-11,17H2,1H3. The summed E-state index contributed by atoms with van der Waals surface area (Å²) < 4.78 is 6.88. The van der Waals surface area contributed by atoms with Crippen LogP contribution in [0, 0.1) is 0 Å². The van der Waals surface area contributed by atoms with Crippen molar-refractivity contribution in [3.8, 4) is 5.75 Å². The van der Waals surface area contributed by atoms with E-state index in [1.807, 2.05) is 6.07 Å². The Morgan fingerprint density at radius 2 is 2.00 bits per heavy atom. The Kier molecular flexibility index (Phi) is 6.29. The molecule has 1 aliphatic heterocycles. The lowest BCUT2D eigenvalue weighted by molar-refractivity contribution is 0.133. The van der Waals surface area contributed by atoms with Crippen molar-refractivity contribution in [2.24, 2.45) is 5.73 Å². The van der Waals surface area contributed by atoms with Gasteiger partial charge in [0.1, 0.15) is 12.4 Å². The lowest BCUT2D eigenvalue weighted by Gasteiger charge is -2.32. The first-order chi connectivity index (χ1) is 9.69. The lowest BCUT2D eigenvalue weighted by Crippen LogP contribution is -2.45. The third-order valence-electron chi connectivity index (χ3n) is 3.69. The first-order valence-corrected chi connectivity index (χ1v) is 8.00. The number of hydrogen-bond donors (Lipinski definition) is 1. The molecule has 0 atom stereocenters. The summed E-state index contributed by atoms with van der Waals surface area (Å²) in [4.78, 5) is 4.82. The second kappa shape index (κ2) is 7.98. The van der Waals surface area contributed by atoms with Crippen molar-refractivity contribution in [1.82, 2.24) is 9.80 Å². The fraction of sp³-hybridized carbons (Fsp3) is 0.600. The topological polar surface area (TPSA) is 41.7 Å². The number of rotatable bonds is 6. The zero-order valence-electron chi connectivity index (χ0n) is 12.1. The number of nitrogens with two attached hydrogens (primary N) is 1. The zero-order chi connectivity index (χ0) is 14.4. The molecule has 4 nitrogen and oxygen atoms in total. The maximum Gasteiger partial charge on any atom is 0.133 e. The van der Waals surface area contributed by atoms with Crippen LogP contribution in [0.4, 0.5) is 0 Å². The maximum atomic E-state index is 5.87. The molecular weight excluding hydrogens is 318 g/mol. The summed E-state index contributed by atoms with van der Waals surface area (Å²) in [6.07, 6.45) is 0.903. The van der Waals surface area contributed by atoms with Gasteiger partial charge in [-0.25, -0.2) is 0 Å². The highest BCUT2D eigenvalue weighted by molar-refractivity contribution is 9.10. The molecule has 2 rings (SSSR count). The van der Waals surface area contributed by atoms with Gasteiger partial charge in [-0.1, -0.05) is 6.07 Å². The molecule has 0 amide bonds. The van der Waals surface area contributed by atoms with Gasteiger partial charge in [-0.3, -0.25) is 4.90 Å². The van der Waals surface area contributed by atoms with Gasteiger partial charge in [-0.2, -0.15) is 0 Å². The van der Waals surface area contributed by atoms with Gasteiger partial charge in [0.15, 0.2) is 0 Å². The Morgan fingerprint density at radius 3 is 2.65 bits per heavy atom. The molecule has 0 spiro atoms. The lowest BCUT2D eigenvalue weighted by atomic mass is 10.1. The number of likely N-dealkylation sites (N-methyl/N-ethyl adjacent to an activating group) is 1. The van der Waals surface area contributed by atoms with E-state index >= 15 is 0 Å². The molecular formula is C15H24BrN3O. The van der Waals surface area contributed by atoms with Gasteiger partial charge >= 0.3 is 0 Å². The molecule has 1 aromatic carbocycles. The van der Waals surface area contributed by atoms with Crippen molar-refractivity contribution in [3.63, 3.8) is 0 Å². The molecule has 20 heavy (non-hydrogen) atoms. The highest BCUT2D eigenvalue weighted by Gasteiger charge is 2.13. The summed E-state index contributed by atoms with van der Waals surface area (Å²) in [6, 6.07) is 6.21. The first kappa shape index (κ1) is 15.8. The number of piperazine rings is 1. The highest BCUT2D eigenvalue weighted by Crippen LogP contribution is 2.26. The average Bonchev–Trinajstić information content (AvgIpc) is 2.44. The summed E-state index contributed by atoms with van der Waals surface area (Å²) in [5, 5.41) is 0. The number of ether oxygens (including phenoxy) is 1. The van der Waals surface area contributed by atoms with E-state index in [0.29, 0.717) is 6.54 Å².